The van der Waals surface area contributed by atoms with Crippen molar-refractivity contribution in [3.8, 4) is 0 Å². The van der Waals surface area contributed by atoms with Gasteiger partial charge >= 0.3 is 0 Å². The van der Waals surface area contributed by atoms with Crippen molar-refractivity contribution in [1.82, 2.24) is 5.32 Å². The molecule has 0 saturated carbocycles. The van der Waals surface area contributed by atoms with Gasteiger partial charge in [-0.2, -0.15) is 0 Å². The summed E-state index contributed by atoms with van der Waals surface area (Å²) in [6.07, 6.45) is 21.9. The lowest BCUT2D eigenvalue weighted by molar-refractivity contribution is -0.908. The maximum absolute atomic E-state index is 11.8. The molecule has 2 N–H and O–H groups in total. The molecule has 0 heterocycles. The quantitative estimate of drug-likeness (QED) is 0.146. The average Bonchev–Trinajstić information content (AvgIpc) is 2.68. The fourth-order valence-corrected chi connectivity index (χ4v) is 3.55. The number of hydrogen-bond donors (Lipinski definition) is 2. The number of carbonyl (C=O) groups excluding carboxylic acids is 1. The number of quaternary nitrogens is 1. The summed E-state index contributed by atoms with van der Waals surface area (Å²) in [6, 6.07) is 0. The van der Waals surface area contributed by atoms with Gasteiger partial charge in [0, 0.05) is 19.4 Å². The summed E-state index contributed by atoms with van der Waals surface area (Å²) < 4.78 is 0.592. The third-order valence-corrected chi connectivity index (χ3v) is 5.65. The summed E-state index contributed by atoms with van der Waals surface area (Å²) in [4.78, 5) is 11.8. The van der Waals surface area contributed by atoms with Crippen LogP contribution in [0.15, 0.2) is 0 Å². The van der Waals surface area contributed by atoms with Crippen molar-refractivity contribution in [1.29, 1.82) is 0 Å². The molecular formula is C24H51N2O2+. The van der Waals surface area contributed by atoms with Gasteiger partial charge in [0.2, 0.25) is 5.91 Å². The van der Waals surface area contributed by atoms with Gasteiger partial charge in [0.25, 0.3) is 0 Å². The number of rotatable bonds is 21. The van der Waals surface area contributed by atoms with E-state index in [9.17, 15) is 9.90 Å². The van der Waals surface area contributed by atoms with Gasteiger partial charge < -0.3 is 14.9 Å². The Hall–Kier alpha value is -0.610. The van der Waals surface area contributed by atoms with E-state index in [1.54, 1.807) is 0 Å². The van der Waals surface area contributed by atoms with Crippen molar-refractivity contribution < 1.29 is 14.4 Å². The summed E-state index contributed by atoms with van der Waals surface area (Å²) >= 11 is 0. The van der Waals surface area contributed by atoms with Crippen LogP contribution < -0.4 is 5.32 Å². The maximum Gasteiger partial charge on any atom is 0.219 e. The number of aliphatic hydroxyl groups excluding tert-OH is 1. The highest BCUT2D eigenvalue weighted by Gasteiger charge is 2.12. The first-order valence-corrected chi connectivity index (χ1v) is 12.2. The van der Waals surface area contributed by atoms with Crippen LogP contribution in [0.3, 0.4) is 0 Å². The molecule has 0 atom stereocenters. The van der Waals surface area contributed by atoms with E-state index in [2.05, 4.69) is 12.2 Å². The molecular weight excluding hydrogens is 348 g/mol. The number of aliphatic hydroxyl groups is 1. The molecule has 4 heteroatoms. The third-order valence-electron chi connectivity index (χ3n) is 5.65. The Kier molecular flexibility index (Phi) is 19.3. The summed E-state index contributed by atoms with van der Waals surface area (Å²) in [5, 5.41) is 12.2. The van der Waals surface area contributed by atoms with E-state index in [0.717, 1.165) is 25.9 Å². The summed E-state index contributed by atoms with van der Waals surface area (Å²) in [6.45, 7) is 4.03. The standard InChI is InChI=1S/C24H50N2O2/c1-4-5-6-7-8-9-10-11-12-13-14-15-16-17-18-20-24(28)25-21-19-22-26(2,3)23-27/h27H,4-23H2,1-3H3/p+1. The molecule has 0 spiro atoms. The van der Waals surface area contributed by atoms with E-state index in [1.807, 2.05) is 14.1 Å². The second-order valence-corrected chi connectivity index (χ2v) is 9.20. The zero-order chi connectivity index (χ0) is 20.9. The number of hydrogen-bond acceptors (Lipinski definition) is 2. The molecule has 0 fully saturated rings. The second-order valence-electron chi connectivity index (χ2n) is 9.20. The minimum absolute atomic E-state index is 0.146. The summed E-state index contributed by atoms with van der Waals surface area (Å²) in [7, 11) is 3.99. The Balaban J connectivity index is 3.21. The molecule has 0 aromatic heterocycles. The van der Waals surface area contributed by atoms with Crippen molar-refractivity contribution in [2.75, 3.05) is 33.9 Å². The SMILES string of the molecule is CCCCCCCCCCCCCCCCCC(=O)NCCC[N+](C)(C)CO. The van der Waals surface area contributed by atoms with Crippen LogP contribution in [-0.2, 0) is 4.79 Å². The van der Waals surface area contributed by atoms with Crippen LogP contribution >= 0.6 is 0 Å². The molecule has 0 aromatic carbocycles. The minimum atomic E-state index is 0.146. The molecule has 0 aliphatic heterocycles. The molecule has 0 unspecified atom stereocenters. The molecule has 0 radical (unpaired) electrons. The molecule has 0 aliphatic rings. The van der Waals surface area contributed by atoms with Crippen LogP contribution in [0.2, 0.25) is 0 Å². The number of nitrogens with zero attached hydrogens (tertiary/aromatic N) is 1. The van der Waals surface area contributed by atoms with Crippen LogP contribution in [0.1, 0.15) is 116 Å². The predicted molar refractivity (Wildman–Crippen MR) is 121 cm³/mol. The van der Waals surface area contributed by atoms with Gasteiger partial charge in [-0.25, -0.2) is 0 Å². The Morgan fingerprint density at radius 1 is 0.714 bits per heavy atom. The van der Waals surface area contributed by atoms with Crippen LogP contribution in [0.4, 0.5) is 0 Å². The number of nitrogens with one attached hydrogen (secondary N) is 1. The Bertz CT molecular complexity index is 345. The lowest BCUT2D eigenvalue weighted by atomic mass is 10.0. The van der Waals surface area contributed by atoms with Crippen molar-refractivity contribution >= 4 is 5.91 Å². The third kappa shape index (κ3) is 20.1. The molecule has 0 aliphatic carbocycles. The smallest absolute Gasteiger partial charge is 0.219 e. The molecule has 4 nitrogen and oxygen atoms in total. The van der Waals surface area contributed by atoms with Crippen LogP contribution in [0, 0.1) is 0 Å². The summed E-state index contributed by atoms with van der Waals surface area (Å²) in [5.41, 5.74) is 0. The number of amides is 1. The minimum Gasteiger partial charge on any atom is -0.356 e. The first-order valence-electron chi connectivity index (χ1n) is 12.2. The normalized spacial score (nSPS) is 11.7. The fraction of sp³-hybridized carbons (Fsp3) is 0.958. The number of unbranched alkanes of at least 4 members (excludes halogenated alkanes) is 14. The van der Waals surface area contributed by atoms with Crippen molar-refractivity contribution in [2.24, 2.45) is 0 Å². The average molecular weight is 400 g/mol. The molecule has 0 saturated heterocycles. The molecule has 1 amide bonds. The Labute approximate surface area is 176 Å². The molecule has 168 valence electrons. The Morgan fingerprint density at radius 3 is 1.57 bits per heavy atom. The van der Waals surface area contributed by atoms with Crippen molar-refractivity contribution in [3.63, 3.8) is 0 Å². The monoisotopic (exact) mass is 399 g/mol. The molecule has 0 rings (SSSR count). The topological polar surface area (TPSA) is 49.3 Å². The van der Waals surface area contributed by atoms with E-state index in [-0.39, 0.29) is 12.6 Å². The van der Waals surface area contributed by atoms with Crippen molar-refractivity contribution in [3.05, 3.63) is 0 Å². The Morgan fingerprint density at radius 2 is 1.14 bits per heavy atom. The van der Waals surface area contributed by atoms with E-state index >= 15 is 0 Å². The van der Waals surface area contributed by atoms with Gasteiger partial charge in [-0.3, -0.25) is 4.79 Å². The highest BCUT2D eigenvalue weighted by molar-refractivity contribution is 5.75. The summed E-state index contributed by atoms with van der Waals surface area (Å²) in [5.74, 6) is 0.184. The van der Waals surface area contributed by atoms with Gasteiger partial charge in [0.15, 0.2) is 6.73 Å². The predicted octanol–water partition coefficient (Wildman–Crippen LogP) is 5.78. The van der Waals surface area contributed by atoms with Crippen molar-refractivity contribution in [2.45, 2.75) is 116 Å². The van der Waals surface area contributed by atoms with Crippen LogP contribution in [0.25, 0.3) is 0 Å². The van der Waals surface area contributed by atoms with E-state index in [1.165, 1.54) is 89.9 Å². The second kappa shape index (κ2) is 19.7. The zero-order valence-corrected chi connectivity index (χ0v) is 19.4. The van der Waals surface area contributed by atoms with Crippen LogP contribution in [0.5, 0.6) is 0 Å². The lowest BCUT2D eigenvalue weighted by Crippen LogP contribution is -2.42. The van der Waals surface area contributed by atoms with Gasteiger partial charge in [-0.1, -0.05) is 96.8 Å². The van der Waals surface area contributed by atoms with E-state index < -0.39 is 0 Å². The molecule has 0 bridgehead atoms. The maximum atomic E-state index is 11.8. The first-order chi connectivity index (χ1) is 13.5. The van der Waals surface area contributed by atoms with Gasteiger partial charge in [0.05, 0.1) is 20.6 Å². The zero-order valence-electron chi connectivity index (χ0n) is 19.4. The van der Waals surface area contributed by atoms with E-state index in [4.69, 9.17) is 0 Å². The largest absolute Gasteiger partial charge is 0.356 e. The highest BCUT2D eigenvalue weighted by atomic mass is 16.3. The van der Waals surface area contributed by atoms with Gasteiger partial charge in [-0.05, 0) is 6.42 Å². The fourth-order valence-electron chi connectivity index (χ4n) is 3.55. The van der Waals surface area contributed by atoms with Gasteiger partial charge in [0.1, 0.15) is 0 Å². The first kappa shape index (κ1) is 27.4. The number of carbonyl (C=O) groups is 1. The van der Waals surface area contributed by atoms with Crippen LogP contribution in [-0.4, -0.2) is 49.4 Å². The molecule has 0 aromatic rings. The van der Waals surface area contributed by atoms with Gasteiger partial charge in [-0.15, -0.1) is 0 Å². The van der Waals surface area contributed by atoms with E-state index in [0.29, 0.717) is 10.9 Å². The molecule has 28 heavy (non-hydrogen) atoms. The lowest BCUT2D eigenvalue weighted by Gasteiger charge is -2.26. The highest BCUT2D eigenvalue weighted by Crippen LogP contribution is 2.13.